The number of nitrogens with zero attached hydrogens (tertiary/aromatic N) is 2. The second kappa shape index (κ2) is 8.62. The predicted octanol–water partition coefficient (Wildman–Crippen LogP) is 4.32. The van der Waals surface area contributed by atoms with Crippen LogP contribution in [0.25, 0.3) is 10.2 Å². The molecule has 0 aliphatic heterocycles. The number of hydrogen-bond acceptors (Lipinski definition) is 3. The molecule has 0 N–H and O–H groups in total. The van der Waals surface area contributed by atoms with Gasteiger partial charge in [0.1, 0.15) is 0 Å². The summed E-state index contributed by atoms with van der Waals surface area (Å²) >= 11 is 7.79. The summed E-state index contributed by atoms with van der Waals surface area (Å²) in [6.45, 7) is 7.96. The molecule has 2 rings (SSSR count). The molecule has 0 fully saturated rings. The molecule has 0 saturated heterocycles. The average Bonchev–Trinajstić information content (AvgIpc) is 2.87. The molecule has 0 aliphatic rings. The molecule has 6 heteroatoms. The molecule has 0 aliphatic carbocycles. The van der Waals surface area contributed by atoms with Crippen molar-refractivity contribution in [2.24, 2.45) is 4.99 Å². The molecule has 2 aromatic rings. The van der Waals surface area contributed by atoms with Crippen LogP contribution in [0.2, 0.25) is 5.02 Å². The van der Waals surface area contributed by atoms with Crippen molar-refractivity contribution in [2.45, 2.75) is 46.6 Å². The fourth-order valence-corrected chi connectivity index (χ4v) is 3.68. The van der Waals surface area contributed by atoms with Gasteiger partial charge in [-0.25, -0.2) is 0 Å². The lowest BCUT2D eigenvalue weighted by molar-refractivity contribution is -0.118. The number of benzene rings is 1. The Labute approximate surface area is 145 Å². The zero-order valence-electron chi connectivity index (χ0n) is 13.9. The third kappa shape index (κ3) is 4.43. The van der Waals surface area contributed by atoms with E-state index in [1.54, 1.807) is 0 Å². The minimum atomic E-state index is -0.0627. The molecule has 0 atom stereocenters. The topological polar surface area (TPSA) is 43.6 Å². The second-order valence-corrected chi connectivity index (χ2v) is 6.78. The van der Waals surface area contributed by atoms with Crippen LogP contribution in [-0.2, 0) is 16.1 Å². The van der Waals surface area contributed by atoms with Crippen molar-refractivity contribution in [1.82, 2.24) is 4.57 Å². The van der Waals surface area contributed by atoms with Gasteiger partial charge in [-0.3, -0.25) is 4.79 Å². The van der Waals surface area contributed by atoms with Crippen molar-refractivity contribution in [2.75, 3.05) is 13.2 Å². The predicted molar refractivity (Wildman–Crippen MR) is 96.2 cm³/mol. The highest BCUT2D eigenvalue weighted by molar-refractivity contribution is 7.16. The molecule has 23 heavy (non-hydrogen) atoms. The van der Waals surface area contributed by atoms with Gasteiger partial charge in [0.15, 0.2) is 4.80 Å². The Bertz CT molecular complexity index is 749. The van der Waals surface area contributed by atoms with Crippen LogP contribution in [0.5, 0.6) is 0 Å². The molecule has 1 heterocycles. The van der Waals surface area contributed by atoms with E-state index >= 15 is 0 Å². The summed E-state index contributed by atoms with van der Waals surface area (Å²) in [6, 6.07) is 3.88. The van der Waals surface area contributed by atoms with Crippen LogP contribution >= 0.6 is 22.9 Å². The number of hydrogen-bond donors (Lipinski definition) is 0. The number of halogens is 1. The molecule has 126 valence electrons. The number of carbonyl (C=O) groups is 1. The molecule has 0 bridgehead atoms. The Balaban J connectivity index is 2.49. The van der Waals surface area contributed by atoms with Crippen molar-refractivity contribution in [3.63, 3.8) is 0 Å². The number of thiazole rings is 1. The van der Waals surface area contributed by atoms with Crippen LogP contribution in [0.15, 0.2) is 17.1 Å². The number of unbranched alkanes of at least 4 members (excludes halogenated alkanes) is 1. The van der Waals surface area contributed by atoms with Gasteiger partial charge in [-0.1, -0.05) is 36.3 Å². The normalized spacial score (nSPS) is 12.3. The van der Waals surface area contributed by atoms with Gasteiger partial charge in [-0.2, -0.15) is 4.99 Å². The van der Waals surface area contributed by atoms with Gasteiger partial charge in [0.25, 0.3) is 0 Å². The van der Waals surface area contributed by atoms with E-state index < -0.39 is 0 Å². The average molecular weight is 355 g/mol. The Hall–Kier alpha value is -1.17. The Kier molecular flexibility index (Phi) is 6.81. The minimum Gasteiger partial charge on any atom is -0.380 e. The van der Waals surface area contributed by atoms with Gasteiger partial charge >= 0.3 is 0 Å². The molecule has 1 amide bonds. The molecular weight excluding hydrogens is 332 g/mol. The Morgan fingerprint density at radius 3 is 2.87 bits per heavy atom. The molecule has 1 aromatic carbocycles. The van der Waals surface area contributed by atoms with E-state index in [2.05, 4.69) is 16.5 Å². The van der Waals surface area contributed by atoms with E-state index in [1.807, 2.05) is 26.0 Å². The zero-order chi connectivity index (χ0) is 16.8. The summed E-state index contributed by atoms with van der Waals surface area (Å²) in [5.41, 5.74) is 2.06. The molecule has 1 aromatic heterocycles. The first-order chi connectivity index (χ1) is 11.1. The van der Waals surface area contributed by atoms with Gasteiger partial charge in [0.2, 0.25) is 5.91 Å². The first-order valence-electron chi connectivity index (χ1n) is 8.02. The maximum atomic E-state index is 12.1. The SMILES string of the molecule is CCCCC(=O)N=c1sc2ccc(Cl)c(C)c2n1CCOCC. The molecule has 0 radical (unpaired) electrons. The number of ether oxygens (including phenoxy) is 1. The van der Waals surface area contributed by atoms with E-state index in [0.717, 1.165) is 38.4 Å². The highest BCUT2D eigenvalue weighted by Crippen LogP contribution is 2.27. The Morgan fingerprint density at radius 1 is 1.39 bits per heavy atom. The third-order valence-electron chi connectivity index (χ3n) is 3.66. The summed E-state index contributed by atoms with van der Waals surface area (Å²) < 4.78 is 8.62. The standard InChI is InChI=1S/C17H23ClN2O2S/c1-4-6-7-15(21)19-17-20(10-11-22-5-2)16-12(3)13(18)8-9-14(16)23-17/h8-9H,4-7,10-11H2,1-3H3. The summed E-state index contributed by atoms with van der Waals surface area (Å²) in [4.78, 5) is 17.1. The van der Waals surface area contributed by atoms with E-state index in [-0.39, 0.29) is 5.91 Å². The van der Waals surface area contributed by atoms with E-state index in [9.17, 15) is 4.79 Å². The number of aryl methyl sites for hydroxylation is 1. The number of aromatic nitrogens is 1. The van der Waals surface area contributed by atoms with Crippen molar-refractivity contribution in [3.8, 4) is 0 Å². The van der Waals surface area contributed by atoms with E-state index in [4.69, 9.17) is 16.3 Å². The number of rotatable bonds is 7. The van der Waals surface area contributed by atoms with Crippen LogP contribution in [-0.4, -0.2) is 23.7 Å². The van der Waals surface area contributed by atoms with E-state index in [0.29, 0.717) is 26.2 Å². The monoisotopic (exact) mass is 354 g/mol. The van der Waals surface area contributed by atoms with Gasteiger partial charge in [-0.05, 0) is 38.0 Å². The highest BCUT2D eigenvalue weighted by Gasteiger charge is 2.12. The maximum Gasteiger partial charge on any atom is 0.248 e. The molecule has 4 nitrogen and oxygen atoms in total. The fourth-order valence-electron chi connectivity index (χ4n) is 2.40. The van der Waals surface area contributed by atoms with Crippen LogP contribution in [0.1, 0.15) is 38.7 Å². The van der Waals surface area contributed by atoms with Crippen molar-refractivity contribution < 1.29 is 9.53 Å². The largest absolute Gasteiger partial charge is 0.380 e. The number of carbonyl (C=O) groups excluding carboxylic acids is 1. The quantitative estimate of drug-likeness (QED) is 0.695. The Morgan fingerprint density at radius 2 is 2.17 bits per heavy atom. The molecule has 0 spiro atoms. The highest BCUT2D eigenvalue weighted by atomic mass is 35.5. The molecule has 0 unspecified atom stereocenters. The van der Waals surface area contributed by atoms with Crippen molar-refractivity contribution in [1.29, 1.82) is 0 Å². The summed E-state index contributed by atoms with van der Waals surface area (Å²) in [5.74, 6) is -0.0627. The molecular formula is C17H23ClN2O2S. The lowest BCUT2D eigenvalue weighted by atomic mass is 10.2. The lowest BCUT2D eigenvalue weighted by Crippen LogP contribution is -2.20. The number of fused-ring (bicyclic) bond motifs is 1. The van der Waals surface area contributed by atoms with E-state index in [1.165, 1.54) is 11.3 Å². The van der Waals surface area contributed by atoms with Crippen molar-refractivity contribution in [3.05, 3.63) is 27.5 Å². The van der Waals surface area contributed by atoms with Gasteiger partial charge in [0, 0.05) is 24.6 Å². The van der Waals surface area contributed by atoms with Crippen LogP contribution in [0, 0.1) is 6.92 Å². The summed E-state index contributed by atoms with van der Waals surface area (Å²) in [7, 11) is 0. The number of amides is 1. The van der Waals surface area contributed by atoms with Gasteiger partial charge in [0.05, 0.1) is 16.8 Å². The minimum absolute atomic E-state index is 0.0627. The lowest BCUT2D eigenvalue weighted by Gasteiger charge is -2.08. The van der Waals surface area contributed by atoms with Crippen LogP contribution < -0.4 is 4.80 Å². The van der Waals surface area contributed by atoms with Crippen molar-refractivity contribution >= 4 is 39.1 Å². The maximum absolute atomic E-state index is 12.1. The zero-order valence-corrected chi connectivity index (χ0v) is 15.5. The van der Waals surface area contributed by atoms with Crippen LogP contribution in [0.4, 0.5) is 0 Å². The van der Waals surface area contributed by atoms with Gasteiger partial charge in [-0.15, -0.1) is 0 Å². The summed E-state index contributed by atoms with van der Waals surface area (Å²) in [5, 5.41) is 0.726. The summed E-state index contributed by atoms with van der Waals surface area (Å²) in [6.07, 6.45) is 2.36. The van der Waals surface area contributed by atoms with Gasteiger partial charge < -0.3 is 9.30 Å². The first-order valence-corrected chi connectivity index (χ1v) is 9.21. The fraction of sp³-hybridized carbons (Fsp3) is 0.529. The second-order valence-electron chi connectivity index (χ2n) is 5.36. The molecule has 0 saturated carbocycles. The van der Waals surface area contributed by atoms with Crippen LogP contribution in [0.3, 0.4) is 0 Å². The third-order valence-corrected chi connectivity index (χ3v) is 5.11. The smallest absolute Gasteiger partial charge is 0.248 e. The first kappa shape index (κ1) is 18.2.